The van der Waals surface area contributed by atoms with E-state index in [1.54, 1.807) is 19.1 Å². The third kappa shape index (κ3) is 3.10. The number of carbonyl (C=O) groups is 2. The standard InChI is InChI=1S/C15H20N2O3/c1-10-4-5-13(20-3)12(8-10)16-15(19)11-6-7-17(2)14(18)9-11/h4-5,8,11H,6-7,9H2,1-3H3,(H,16,19). The number of anilines is 1. The molecule has 1 aromatic rings. The van der Waals surface area contributed by atoms with E-state index in [1.165, 1.54) is 0 Å². The Balaban J connectivity index is 2.08. The highest BCUT2D eigenvalue weighted by molar-refractivity contribution is 5.96. The van der Waals surface area contributed by atoms with Gasteiger partial charge < -0.3 is 15.0 Å². The third-order valence-electron chi connectivity index (χ3n) is 3.64. The molecule has 1 N–H and O–H groups in total. The van der Waals surface area contributed by atoms with Crippen molar-refractivity contribution in [2.45, 2.75) is 19.8 Å². The van der Waals surface area contributed by atoms with Crippen molar-refractivity contribution in [1.29, 1.82) is 0 Å². The van der Waals surface area contributed by atoms with E-state index in [2.05, 4.69) is 5.32 Å². The van der Waals surface area contributed by atoms with E-state index < -0.39 is 0 Å². The lowest BCUT2D eigenvalue weighted by Crippen LogP contribution is -2.39. The maximum atomic E-state index is 12.3. The number of rotatable bonds is 3. The summed E-state index contributed by atoms with van der Waals surface area (Å²) in [5, 5.41) is 2.87. The molecule has 2 amide bonds. The molecule has 0 aliphatic carbocycles. The predicted molar refractivity (Wildman–Crippen MR) is 76.7 cm³/mol. The molecule has 0 bridgehead atoms. The van der Waals surface area contributed by atoms with Crippen LogP contribution in [0.15, 0.2) is 18.2 Å². The topological polar surface area (TPSA) is 58.6 Å². The predicted octanol–water partition coefficient (Wildman–Crippen LogP) is 1.81. The number of methoxy groups -OCH3 is 1. The summed E-state index contributed by atoms with van der Waals surface area (Å²) >= 11 is 0. The van der Waals surface area contributed by atoms with Crippen LogP contribution in [-0.2, 0) is 9.59 Å². The first-order valence-electron chi connectivity index (χ1n) is 6.70. The number of benzene rings is 1. The number of ether oxygens (including phenoxy) is 1. The Labute approximate surface area is 118 Å². The van der Waals surface area contributed by atoms with Gasteiger partial charge in [0.2, 0.25) is 11.8 Å². The van der Waals surface area contributed by atoms with Crippen molar-refractivity contribution in [2.75, 3.05) is 26.0 Å². The van der Waals surface area contributed by atoms with Crippen LogP contribution in [0.4, 0.5) is 5.69 Å². The van der Waals surface area contributed by atoms with E-state index in [9.17, 15) is 9.59 Å². The number of hydrogen-bond donors (Lipinski definition) is 1. The molecule has 1 aromatic carbocycles. The zero-order valence-electron chi connectivity index (χ0n) is 12.1. The largest absolute Gasteiger partial charge is 0.495 e. The molecule has 2 rings (SSSR count). The molecule has 20 heavy (non-hydrogen) atoms. The molecule has 1 atom stereocenters. The first-order valence-corrected chi connectivity index (χ1v) is 6.70. The van der Waals surface area contributed by atoms with Gasteiger partial charge in [0, 0.05) is 25.9 Å². The average Bonchev–Trinajstić information content (AvgIpc) is 2.42. The molecular weight excluding hydrogens is 256 g/mol. The lowest BCUT2D eigenvalue weighted by Gasteiger charge is -2.28. The van der Waals surface area contributed by atoms with Gasteiger partial charge in [0.1, 0.15) is 5.75 Å². The average molecular weight is 276 g/mol. The molecule has 1 aliphatic rings. The number of likely N-dealkylation sites (tertiary alicyclic amines) is 1. The van der Waals surface area contributed by atoms with Crippen molar-refractivity contribution in [3.8, 4) is 5.75 Å². The molecule has 1 aliphatic heterocycles. The zero-order valence-corrected chi connectivity index (χ0v) is 12.1. The maximum Gasteiger partial charge on any atom is 0.228 e. The molecule has 1 fully saturated rings. The molecule has 0 radical (unpaired) electrons. The first-order chi connectivity index (χ1) is 9.51. The molecule has 5 nitrogen and oxygen atoms in total. The van der Waals surface area contributed by atoms with Gasteiger partial charge in [-0.2, -0.15) is 0 Å². The van der Waals surface area contributed by atoms with Gasteiger partial charge in [-0.15, -0.1) is 0 Å². The van der Waals surface area contributed by atoms with E-state index in [4.69, 9.17) is 4.74 Å². The Kier molecular flexibility index (Phi) is 4.27. The normalized spacial score (nSPS) is 18.9. The lowest BCUT2D eigenvalue weighted by molar-refractivity contribution is -0.137. The van der Waals surface area contributed by atoms with Crippen LogP contribution < -0.4 is 10.1 Å². The van der Waals surface area contributed by atoms with Crippen molar-refractivity contribution < 1.29 is 14.3 Å². The Morgan fingerprint density at radius 2 is 2.20 bits per heavy atom. The summed E-state index contributed by atoms with van der Waals surface area (Å²) in [5.41, 5.74) is 1.70. The second-order valence-corrected chi connectivity index (χ2v) is 5.20. The molecule has 1 heterocycles. The van der Waals surface area contributed by atoms with Crippen molar-refractivity contribution in [3.63, 3.8) is 0 Å². The zero-order chi connectivity index (χ0) is 14.7. The summed E-state index contributed by atoms with van der Waals surface area (Å²) in [5.74, 6) is 0.273. The van der Waals surface area contributed by atoms with Gasteiger partial charge in [-0.3, -0.25) is 9.59 Å². The SMILES string of the molecule is COc1ccc(C)cc1NC(=O)C1CCN(C)C(=O)C1. The summed E-state index contributed by atoms with van der Waals surface area (Å²) in [6.45, 7) is 2.58. The minimum Gasteiger partial charge on any atom is -0.495 e. The van der Waals surface area contributed by atoms with Gasteiger partial charge in [0.25, 0.3) is 0 Å². The Hall–Kier alpha value is -2.04. The highest BCUT2D eigenvalue weighted by atomic mass is 16.5. The van der Waals surface area contributed by atoms with Gasteiger partial charge >= 0.3 is 0 Å². The monoisotopic (exact) mass is 276 g/mol. The fourth-order valence-corrected chi connectivity index (χ4v) is 2.32. The molecule has 1 unspecified atom stereocenters. The van der Waals surface area contributed by atoms with Gasteiger partial charge in [-0.05, 0) is 31.0 Å². The van der Waals surface area contributed by atoms with Crippen LogP contribution in [0.2, 0.25) is 0 Å². The smallest absolute Gasteiger partial charge is 0.228 e. The van der Waals surface area contributed by atoms with E-state index in [-0.39, 0.29) is 24.2 Å². The number of carbonyl (C=O) groups excluding carboxylic acids is 2. The second kappa shape index (κ2) is 5.94. The first kappa shape index (κ1) is 14.4. The Morgan fingerprint density at radius 1 is 1.45 bits per heavy atom. The van der Waals surface area contributed by atoms with Crippen LogP contribution in [0.25, 0.3) is 0 Å². The minimum absolute atomic E-state index is 0.0209. The molecule has 108 valence electrons. The Morgan fingerprint density at radius 3 is 2.85 bits per heavy atom. The summed E-state index contributed by atoms with van der Waals surface area (Å²) in [6.07, 6.45) is 0.971. The highest BCUT2D eigenvalue weighted by Gasteiger charge is 2.28. The molecule has 0 spiro atoms. The summed E-state index contributed by atoms with van der Waals surface area (Å²) in [7, 11) is 3.33. The number of hydrogen-bond acceptors (Lipinski definition) is 3. The number of aryl methyl sites for hydroxylation is 1. The minimum atomic E-state index is -0.260. The molecular formula is C15H20N2O3. The molecule has 1 saturated heterocycles. The summed E-state index contributed by atoms with van der Waals surface area (Å²) in [6, 6.07) is 5.62. The van der Waals surface area contributed by atoms with Crippen molar-refractivity contribution in [2.24, 2.45) is 5.92 Å². The van der Waals surface area contributed by atoms with Crippen molar-refractivity contribution in [3.05, 3.63) is 23.8 Å². The van der Waals surface area contributed by atoms with Crippen LogP contribution in [-0.4, -0.2) is 37.4 Å². The number of amides is 2. The summed E-state index contributed by atoms with van der Waals surface area (Å²) in [4.78, 5) is 25.6. The van der Waals surface area contributed by atoms with Gasteiger partial charge in [0.05, 0.1) is 12.8 Å². The Bertz CT molecular complexity index is 528. The number of nitrogens with one attached hydrogen (secondary N) is 1. The van der Waals surface area contributed by atoms with E-state index >= 15 is 0 Å². The van der Waals surface area contributed by atoms with Crippen LogP contribution in [0.3, 0.4) is 0 Å². The molecule has 0 aromatic heterocycles. The van der Waals surface area contributed by atoms with Gasteiger partial charge in [-0.25, -0.2) is 0 Å². The van der Waals surface area contributed by atoms with Crippen LogP contribution in [0, 0.1) is 12.8 Å². The van der Waals surface area contributed by atoms with Crippen LogP contribution >= 0.6 is 0 Å². The van der Waals surface area contributed by atoms with Gasteiger partial charge in [0.15, 0.2) is 0 Å². The second-order valence-electron chi connectivity index (χ2n) is 5.20. The van der Waals surface area contributed by atoms with Crippen LogP contribution in [0.1, 0.15) is 18.4 Å². The number of piperidine rings is 1. The van der Waals surface area contributed by atoms with Crippen molar-refractivity contribution >= 4 is 17.5 Å². The van der Waals surface area contributed by atoms with E-state index in [0.29, 0.717) is 24.4 Å². The van der Waals surface area contributed by atoms with Gasteiger partial charge in [-0.1, -0.05) is 6.07 Å². The fourth-order valence-electron chi connectivity index (χ4n) is 2.32. The fraction of sp³-hybridized carbons (Fsp3) is 0.467. The maximum absolute atomic E-state index is 12.3. The van der Waals surface area contributed by atoms with Crippen LogP contribution in [0.5, 0.6) is 5.75 Å². The summed E-state index contributed by atoms with van der Waals surface area (Å²) < 4.78 is 5.24. The van der Waals surface area contributed by atoms with Crippen molar-refractivity contribution in [1.82, 2.24) is 4.90 Å². The third-order valence-corrected chi connectivity index (χ3v) is 3.64. The number of nitrogens with zero attached hydrogens (tertiary/aromatic N) is 1. The quantitative estimate of drug-likeness (QED) is 0.916. The highest BCUT2D eigenvalue weighted by Crippen LogP contribution is 2.27. The van der Waals surface area contributed by atoms with E-state index in [0.717, 1.165) is 5.56 Å². The lowest BCUT2D eigenvalue weighted by atomic mass is 9.95. The van der Waals surface area contributed by atoms with E-state index in [1.807, 2.05) is 25.1 Å². The molecule has 0 saturated carbocycles. The molecule has 5 heteroatoms.